The first kappa shape index (κ1) is 19.0. The van der Waals surface area contributed by atoms with Crippen molar-refractivity contribution in [1.29, 1.82) is 0 Å². The first-order valence-corrected chi connectivity index (χ1v) is 9.67. The summed E-state index contributed by atoms with van der Waals surface area (Å²) in [5.41, 5.74) is 6.83. The highest BCUT2D eigenvalue weighted by molar-refractivity contribution is 5.55. The smallest absolute Gasteiger partial charge is 0.248 e. The lowest BCUT2D eigenvalue weighted by atomic mass is 10.3. The largest absolute Gasteiger partial charge is 0.492 e. The molecule has 9 heteroatoms. The Bertz CT molecular complexity index is 936. The monoisotopic (exact) mass is 395 g/mol. The molecule has 0 radical (unpaired) electrons. The van der Waals surface area contributed by atoms with E-state index in [1.165, 1.54) is 30.6 Å². The number of anilines is 3. The summed E-state index contributed by atoms with van der Waals surface area (Å²) in [5.74, 6) is 2.47. The number of benzene rings is 1. The molecule has 1 aromatic carbocycles. The predicted octanol–water partition coefficient (Wildman–Crippen LogP) is 2.47. The highest BCUT2D eigenvalue weighted by Gasteiger charge is 2.12. The standard InChI is InChI=1S/C20H25N7O2/c1-28-18-6-4-5-17(23-18)27-19(21)24-20(25-27)22-15-7-9-16(10-8-15)29-14-13-26-11-2-3-12-26/h4-10H,2-3,11-14H2,1H3,(H3,21,22,24,25). The number of pyridine rings is 1. The Morgan fingerprint density at radius 2 is 1.86 bits per heavy atom. The van der Waals surface area contributed by atoms with Gasteiger partial charge < -0.3 is 20.5 Å². The third-order valence-electron chi connectivity index (χ3n) is 4.75. The molecule has 0 bridgehead atoms. The molecule has 0 amide bonds. The summed E-state index contributed by atoms with van der Waals surface area (Å²) in [4.78, 5) is 11.0. The zero-order chi connectivity index (χ0) is 20.1. The van der Waals surface area contributed by atoms with Crippen LogP contribution in [-0.4, -0.2) is 58.0 Å². The Morgan fingerprint density at radius 1 is 1.07 bits per heavy atom. The minimum absolute atomic E-state index is 0.232. The zero-order valence-electron chi connectivity index (χ0n) is 16.4. The summed E-state index contributed by atoms with van der Waals surface area (Å²) < 4.78 is 12.4. The van der Waals surface area contributed by atoms with Gasteiger partial charge in [-0.05, 0) is 56.3 Å². The van der Waals surface area contributed by atoms with E-state index in [0.29, 0.717) is 24.3 Å². The van der Waals surface area contributed by atoms with Crippen LogP contribution in [-0.2, 0) is 0 Å². The van der Waals surface area contributed by atoms with E-state index >= 15 is 0 Å². The number of rotatable bonds is 8. The zero-order valence-corrected chi connectivity index (χ0v) is 16.4. The maximum atomic E-state index is 5.99. The Balaban J connectivity index is 1.36. The summed E-state index contributed by atoms with van der Waals surface area (Å²) >= 11 is 0. The Labute approximate surface area is 169 Å². The first-order valence-electron chi connectivity index (χ1n) is 9.67. The van der Waals surface area contributed by atoms with Crippen LogP contribution in [0.2, 0.25) is 0 Å². The second-order valence-electron chi connectivity index (χ2n) is 6.79. The lowest BCUT2D eigenvalue weighted by Crippen LogP contribution is -2.25. The van der Waals surface area contributed by atoms with Crippen molar-refractivity contribution in [2.45, 2.75) is 12.8 Å². The van der Waals surface area contributed by atoms with Gasteiger partial charge in [0.05, 0.1) is 7.11 Å². The van der Waals surface area contributed by atoms with Gasteiger partial charge in [-0.15, -0.1) is 5.10 Å². The van der Waals surface area contributed by atoms with E-state index < -0.39 is 0 Å². The van der Waals surface area contributed by atoms with E-state index in [4.69, 9.17) is 15.2 Å². The average molecular weight is 395 g/mol. The van der Waals surface area contributed by atoms with Gasteiger partial charge in [0.25, 0.3) is 0 Å². The molecule has 1 fully saturated rings. The van der Waals surface area contributed by atoms with Crippen LogP contribution in [0.1, 0.15) is 12.8 Å². The van der Waals surface area contributed by atoms with Crippen LogP contribution in [0, 0.1) is 0 Å². The van der Waals surface area contributed by atoms with Crippen molar-refractivity contribution < 1.29 is 9.47 Å². The van der Waals surface area contributed by atoms with Gasteiger partial charge in [0, 0.05) is 18.3 Å². The van der Waals surface area contributed by atoms with Gasteiger partial charge in [0.2, 0.25) is 17.8 Å². The minimum atomic E-state index is 0.232. The van der Waals surface area contributed by atoms with E-state index in [9.17, 15) is 0 Å². The molecule has 3 aromatic rings. The molecule has 0 atom stereocenters. The first-order chi connectivity index (χ1) is 14.2. The van der Waals surface area contributed by atoms with Gasteiger partial charge in [-0.3, -0.25) is 4.90 Å². The van der Waals surface area contributed by atoms with Gasteiger partial charge in [0.1, 0.15) is 12.4 Å². The molecular formula is C20H25N7O2. The number of methoxy groups -OCH3 is 1. The fourth-order valence-electron chi connectivity index (χ4n) is 3.24. The highest BCUT2D eigenvalue weighted by atomic mass is 16.5. The summed E-state index contributed by atoms with van der Waals surface area (Å²) in [5, 5.41) is 7.53. The van der Waals surface area contributed by atoms with Crippen LogP contribution >= 0.6 is 0 Å². The average Bonchev–Trinajstić information content (AvgIpc) is 3.39. The van der Waals surface area contributed by atoms with Crippen molar-refractivity contribution in [3.8, 4) is 17.4 Å². The number of likely N-dealkylation sites (tertiary alicyclic amines) is 1. The molecule has 1 aliphatic heterocycles. The van der Waals surface area contributed by atoms with Crippen LogP contribution in [0.5, 0.6) is 11.6 Å². The topological polar surface area (TPSA) is 103 Å². The molecule has 2 aromatic heterocycles. The number of nitrogens with two attached hydrogens (primary N) is 1. The Morgan fingerprint density at radius 3 is 2.62 bits per heavy atom. The van der Waals surface area contributed by atoms with E-state index in [1.54, 1.807) is 19.2 Å². The van der Waals surface area contributed by atoms with E-state index in [1.807, 2.05) is 30.3 Å². The van der Waals surface area contributed by atoms with E-state index in [-0.39, 0.29) is 5.95 Å². The van der Waals surface area contributed by atoms with E-state index in [0.717, 1.165) is 18.0 Å². The number of hydrogen-bond acceptors (Lipinski definition) is 8. The lowest BCUT2D eigenvalue weighted by Gasteiger charge is -2.15. The van der Waals surface area contributed by atoms with Crippen LogP contribution in [0.15, 0.2) is 42.5 Å². The molecule has 3 heterocycles. The molecule has 1 aliphatic rings. The van der Waals surface area contributed by atoms with Crippen LogP contribution in [0.25, 0.3) is 5.82 Å². The number of nitrogen functional groups attached to an aromatic ring is 1. The second-order valence-corrected chi connectivity index (χ2v) is 6.79. The van der Waals surface area contributed by atoms with Crippen molar-refractivity contribution in [3.63, 3.8) is 0 Å². The molecule has 0 unspecified atom stereocenters. The van der Waals surface area contributed by atoms with Gasteiger partial charge in [-0.2, -0.15) is 14.6 Å². The van der Waals surface area contributed by atoms with Gasteiger partial charge in [-0.25, -0.2) is 0 Å². The third-order valence-corrected chi connectivity index (χ3v) is 4.75. The summed E-state index contributed by atoms with van der Waals surface area (Å²) in [7, 11) is 1.56. The quantitative estimate of drug-likeness (QED) is 0.600. The summed E-state index contributed by atoms with van der Waals surface area (Å²) in [6.45, 7) is 4.03. The van der Waals surface area contributed by atoms with Crippen LogP contribution in [0.3, 0.4) is 0 Å². The van der Waals surface area contributed by atoms with Crippen molar-refractivity contribution in [1.82, 2.24) is 24.6 Å². The predicted molar refractivity (Wildman–Crippen MR) is 111 cm³/mol. The third kappa shape index (κ3) is 4.75. The fraction of sp³-hybridized carbons (Fsp3) is 0.350. The van der Waals surface area contributed by atoms with Gasteiger partial charge in [-0.1, -0.05) is 6.07 Å². The minimum Gasteiger partial charge on any atom is -0.492 e. The van der Waals surface area contributed by atoms with Crippen LogP contribution < -0.4 is 20.5 Å². The van der Waals surface area contributed by atoms with Gasteiger partial charge in [0.15, 0.2) is 5.82 Å². The SMILES string of the molecule is COc1cccc(-n2nc(Nc3ccc(OCCN4CCCC4)cc3)nc2N)n1. The molecule has 3 N–H and O–H groups in total. The Kier molecular flexibility index (Phi) is 5.76. The molecule has 9 nitrogen and oxygen atoms in total. The van der Waals surface area contributed by atoms with E-state index in [2.05, 4.69) is 25.3 Å². The normalized spacial score (nSPS) is 14.1. The van der Waals surface area contributed by atoms with Crippen molar-refractivity contribution in [2.24, 2.45) is 0 Å². The van der Waals surface area contributed by atoms with Crippen molar-refractivity contribution in [2.75, 3.05) is 44.4 Å². The molecule has 1 saturated heterocycles. The van der Waals surface area contributed by atoms with Crippen molar-refractivity contribution >= 4 is 17.6 Å². The fourth-order valence-corrected chi connectivity index (χ4v) is 3.24. The highest BCUT2D eigenvalue weighted by Crippen LogP contribution is 2.21. The maximum Gasteiger partial charge on any atom is 0.248 e. The molecule has 0 aliphatic carbocycles. The summed E-state index contributed by atoms with van der Waals surface area (Å²) in [6.07, 6.45) is 2.59. The number of aromatic nitrogens is 4. The lowest BCUT2D eigenvalue weighted by molar-refractivity contribution is 0.238. The Hall–Kier alpha value is -3.33. The van der Waals surface area contributed by atoms with Gasteiger partial charge >= 0.3 is 0 Å². The second kappa shape index (κ2) is 8.78. The molecule has 152 valence electrons. The number of ether oxygens (including phenoxy) is 2. The van der Waals surface area contributed by atoms with Crippen LogP contribution in [0.4, 0.5) is 17.6 Å². The molecule has 29 heavy (non-hydrogen) atoms. The molecule has 0 saturated carbocycles. The number of nitrogens with zero attached hydrogens (tertiary/aromatic N) is 5. The number of hydrogen-bond donors (Lipinski definition) is 2. The molecular weight excluding hydrogens is 370 g/mol. The molecule has 4 rings (SSSR count). The molecule has 0 spiro atoms. The maximum absolute atomic E-state index is 5.99. The number of nitrogens with one attached hydrogen (secondary N) is 1. The summed E-state index contributed by atoms with van der Waals surface area (Å²) in [6, 6.07) is 13.1. The van der Waals surface area contributed by atoms with Crippen molar-refractivity contribution in [3.05, 3.63) is 42.5 Å².